The van der Waals surface area contributed by atoms with Crippen molar-refractivity contribution in [3.8, 4) is 0 Å². The molecule has 0 saturated heterocycles. The molecule has 0 amide bonds. The van der Waals surface area contributed by atoms with Gasteiger partial charge in [0.15, 0.2) is 0 Å². The molecule has 1 unspecified atom stereocenters. The summed E-state index contributed by atoms with van der Waals surface area (Å²) in [5, 5.41) is 11.0. The Morgan fingerprint density at radius 1 is 1.53 bits per heavy atom. The van der Waals surface area contributed by atoms with E-state index in [4.69, 9.17) is 0 Å². The Hall–Kier alpha value is -1.19. The zero-order chi connectivity index (χ0) is 11.9. The average Bonchev–Trinajstić information content (AvgIpc) is 2.22. The fourth-order valence-corrected chi connectivity index (χ4v) is 1.57. The second-order valence-electron chi connectivity index (χ2n) is 3.66. The Kier molecular flexibility index (Phi) is 5.82. The fraction of sp³-hybridized carbons (Fsp3) is 0.727. The van der Waals surface area contributed by atoms with Gasteiger partial charge in [0.2, 0.25) is 5.78 Å². The van der Waals surface area contributed by atoms with Crippen molar-refractivity contribution in [2.45, 2.75) is 51.5 Å². The smallest absolute Gasteiger partial charge is 0.282 e. The van der Waals surface area contributed by atoms with E-state index in [1.165, 1.54) is 6.08 Å². The standard InChI is InChI=1S/C11H19NO3/c1-4-7-8-10(13)11(6-3,9-5-2)12(14)15/h5H,2,4,6-9H2,1,3H3. The van der Waals surface area contributed by atoms with Crippen LogP contribution in [0.25, 0.3) is 0 Å². The summed E-state index contributed by atoms with van der Waals surface area (Å²) in [7, 11) is 0. The molecule has 0 saturated carbocycles. The van der Waals surface area contributed by atoms with Gasteiger partial charge < -0.3 is 0 Å². The van der Waals surface area contributed by atoms with Crippen LogP contribution in [0.3, 0.4) is 0 Å². The van der Waals surface area contributed by atoms with E-state index < -0.39 is 10.5 Å². The predicted molar refractivity (Wildman–Crippen MR) is 59.4 cm³/mol. The number of Topliss-reactive ketones (excluding diaryl/α,β-unsaturated/α-hetero) is 1. The monoisotopic (exact) mass is 213 g/mol. The van der Waals surface area contributed by atoms with Crippen molar-refractivity contribution >= 4 is 5.78 Å². The summed E-state index contributed by atoms with van der Waals surface area (Å²) in [6, 6.07) is 0. The van der Waals surface area contributed by atoms with Crippen molar-refractivity contribution in [1.29, 1.82) is 0 Å². The lowest BCUT2D eigenvalue weighted by molar-refractivity contribution is -0.552. The average molecular weight is 213 g/mol. The van der Waals surface area contributed by atoms with Gasteiger partial charge >= 0.3 is 0 Å². The first kappa shape index (κ1) is 13.8. The topological polar surface area (TPSA) is 60.2 Å². The molecule has 0 aliphatic carbocycles. The van der Waals surface area contributed by atoms with E-state index in [1.54, 1.807) is 6.92 Å². The summed E-state index contributed by atoms with van der Waals surface area (Å²) < 4.78 is 0. The van der Waals surface area contributed by atoms with Gasteiger partial charge in [0.1, 0.15) is 0 Å². The number of nitrogens with zero attached hydrogens (tertiary/aromatic N) is 1. The van der Waals surface area contributed by atoms with Crippen LogP contribution in [0.4, 0.5) is 0 Å². The Morgan fingerprint density at radius 3 is 2.47 bits per heavy atom. The third-order valence-corrected chi connectivity index (χ3v) is 2.69. The zero-order valence-corrected chi connectivity index (χ0v) is 9.49. The number of carbonyl (C=O) groups is 1. The maximum Gasteiger partial charge on any atom is 0.282 e. The van der Waals surface area contributed by atoms with Crippen LogP contribution in [-0.2, 0) is 4.79 Å². The van der Waals surface area contributed by atoms with Gasteiger partial charge in [0, 0.05) is 24.2 Å². The van der Waals surface area contributed by atoms with Crippen LogP contribution in [-0.4, -0.2) is 16.2 Å². The quantitative estimate of drug-likeness (QED) is 0.354. The molecule has 0 N–H and O–H groups in total. The van der Waals surface area contributed by atoms with E-state index in [0.29, 0.717) is 12.8 Å². The first-order valence-electron chi connectivity index (χ1n) is 5.33. The first-order chi connectivity index (χ1) is 7.05. The van der Waals surface area contributed by atoms with Gasteiger partial charge in [-0.2, -0.15) is 0 Å². The van der Waals surface area contributed by atoms with Crippen molar-refractivity contribution in [1.82, 2.24) is 0 Å². The van der Waals surface area contributed by atoms with Gasteiger partial charge in [-0.05, 0) is 6.42 Å². The third kappa shape index (κ3) is 3.15. The van der Waals surface area contributed by atoms with Crippen molar-refractivity contribution in [2.24, 2.45) is 0 Å². The lowest BCUT2D eigenvalue weighted by atomic mass is 9.85. The van der Waals surface area contributed by atoms with Crippen LogP contribution in [0, 0.1) is 10.1 Å². The molecule has 0 heterocycles. The SMILES string of the molecule is C=CCC(CC)(C(=O)CCCC)[N+](=O)[O-]. The van der Waals surface area contributed by atoms with Crippen molar-refractivity contribution in [2.75, 3.05) is 0 Å². The lowest BCUT2D eigenvalue weighted by Crippen LogP contribution is -2.45. The number of unbranched alkanes of at least 4 members (excludes halogenated alkanes) is 1. The molecule has 0 bridgehead atoms. The van der Waals surface area contributed by atoms with E-state index in [9.17, 15) is 14.9 Å². The molecule has 4 nitrogen and oxygen atoms in total. The number of carbonyl (C=O) groups excluding carboxylic acids is 1. The Balaban J connectivity index is 4.80. The molecule has 0 aromatic heterocycles. The Bertz CT molecular complexity index is 250. The van der Waals surface area contributed by atoms with Gasteiger partial charge in [0.05, 0.1) is 0 Å². The molecule has 0 aromatic carbocycles. The molecule has 0 fully saturated rings. The molecule has 1 atom stereocenters. The highest BCUT2D eigenvalue weighted by Crippen LogP contribution is 2.24. The highest BCUT2D eigenvalue weighted by Gasteiger charge is 2.46. The van der Waals surface area contributed by atoms with Crippen LogP contribution in [0.2, 0.25) is 0 Å². The third-order valence-electron chi connectivity index (χ3n) is 2.69. The van der Waals surface area contributed by atoms with Gasteiger partial charge in [-0.3, -0.25) is 14.9 Å². The number of rotatable bonds is 8. The largest absolute Gasteiger partial charge is 0.292 e. The molecule has 0 radical (unpaired) electrons. The highest BCUT2D eigenvalue weighted by atomic mass is 16.6. The number of nitro groups is 1. The van der Waals surface area contributed by atoms with E-state index in [2.05, 4.69) is 6.58 Å². The summed E-state index contributed by atoms with van der Waals surface area (Å²) in [4.78, 5) is 22.3. The van der Waals surface area contributed by atoms with E-state index in [-0.39, 0.29) is 18.6 Å². The lowest BCUT2D eigenvalue weighted by Gasteiger charge is -2.20. The normalized spacial score (nSPS) is 14.3. The molecular weight excluding hydrogens is 194 g/mol. The zero-order valence-electron chi connectivity index (χ0n) is 9.49. The molecule has 4 heteroatoms. The van der Waals surface area contributed by atoms with Crippen LogP contribution in [0.5, 0.6) is 0 Å². The van der Waals surface area contributed by atoms with E-state index in [0.717, 1.165) is 6.42 Å². The predicted octanol–water partition coefficient (Wildman–Crippen LogP) is 2.75. The molecule has 0 aliphatic rings. The summed E-state index contributed by atoms with van der Waals surface area (Å²) in [6.07, 6.45) is 3.69. The van der Waals surface area contributed by atoms with Gasteiger partial charge in [-0.25, -0.2) is 0 Å². The van der Waals surface area contributed by atoms with Crippen molar-refractivity contribution in [3.05, 3.63) is 22.8 Å². The minimum atomic E-state index is -1.43. The van der Waals surface area contributed by atoms with Crippen LogP contribution < -0.4 is 0 Å². The molecule has 0 aromatic rings. The van der Waals surface area contributed by atoms with Crippen LogP contribution >= 0.6 is 0 Å². The molecule has 0 spiro atoms. The van der Waals surface area contributed by atoms with E-state index >= 15 is 0 Å². The number of ketones is 1. The summed E-state index contributed by atoms with van der Waals surface area (Å²) in [5.41, 5.74) is -1.43. The summed E-state index contributed by atoms with van der Waals surface area (Å²) in [6.45, 7) is 7.12. The minimum absolute atomic E-state index is 0.124. The maximum absolute atomic E-state index is 11.8. The van der Waals surface area contributed by atoms with Gasteiger partial charge in [-0.1, -0.05) is 26.3 Å². The molecule has 0 aliphatic heterocycles. The molecule has 86 valence electrons. The number of hydrogen-bond donors (Lipinski definition) is 0. The minimum Gasteiger partial charge on any atom is -0.292 e. The second-order valence-corrected chi connectivity index (χ2v) is 3.66. The van der Waals surface area contributed by atoms with Crippen LogP contribution in [0.1, 0.15) is 46.0 Å². The summed E-state index contributed by atoms with van der Waals surface area (Å²) in [5.74, 6) is -0.267. The maximum atomic E-state index is 11.8. The van der Waals surface area contributed by atoms with E-state index in [1.807, 2.05) is 6.92 Å². The van der Waals surface area contributed by atoms with Gasteiger partial charge in [0.25, 0.3) is 5.54 Å². The van der Waals surface area contributed by atoms with Crippen molar-refractivity contribution < 1.29 is 9.72 Å². The van der Waals surface area contributed by atoms with Crippen LogP contribution in [0.15, 0.2) is 12.7 Å². The first-order valence-corrected chi connectivity index (χ1v) is 5.33. The molecule has 15 heavy (non-hydrogen) atoms. The van der Waals surface area contributed by atoms with Gasteiger partial charge in [-0.15, -0.1) is 6.58 Å². The fourth-order valence-electron chi connectivity index (χ4n) is 1.57. The Labute approximate surface area is 90.5 Å². The second kappa shape index (κ2) is 6.32. The number of hydrogen-bond acceptors (Lipinski definition) is 3. The Morgan fingerprint density at radius 2 is 2.13 bits per heavy atom. The summed E-state index contributed by atoms with van der Waals surface area (Å²) >= 11 is 0. The highest BCUT2D eigenvalue weighted by molar-refractivity contribution is 5.87. The van der Waals surface area contributed by atoms with Crippen molar-refractivity contribution in [3.63, 3.8) is 0 Å². The molecular formula is C11H19NO3. The molecule has 0 rings (SSSR count).